The molecule has 19 heavy (non-hydrogen) atoms. The van der Waals surface area contributed by atoms with Gasteiger partial charge in [-0.1, -0.05) is 11.6 Å². The highest BCUT2D eigenvalue weighted by molar-refractivity contribution is 6.32. The van der Waals surface area contributed by atoms with Crippen molar-refractivity contribution in [2.24, 2.45) is 11.7 Å². The highest BCUT2D eigenvalue weighted by Gasteiger charge is 2.24. The quantitative estimate of drug-likeness (QED) is 0.896. The number of amides is 1. The normalized spacial score (nSPS) is 22.9. The van der Waals surface area contributed by atoms with Gasteiger partial charge in [-0.05, 0) is 37.8 Å². The van der Waals surface area contributed by atoms with Crippen molar-refractivity contribution >= 4 is 23.2 Å². The molecule has 0 atom stereocenters. The van der Waals surface area contributed by atoms with Crippen LogP contribution in [0.15, 0.2) is 18.2 Å². The first-order valence-corrected chi connectivity index (χ1v) is 6.88. The van der Waals surface area contributed by atoms with Gasteiger partial charge in [-0.2, -0.15) is 0 Å². The maximum atomic E-state index is 12.1. The molecule has 1 aliphatic rings. The van der Waals surface area contributed by atoms with Crippen molar-refractivity contribution in [1.29, 1.82) is 0 Å². The highest BCUT2D eigenvalue weighted by atomic mass is 35.5. The lowest BCUT2D eigenvalue weighted by Crippen LogP contribution is -2.32. The van der Waals surface area contributed by atoms with Crippen molar-refractivity contribution in [3.8, 4) is 5.75 Å². The minimum absolute atomic E-state index is 0.0521. The van der Waals surface area contributed by atoms with E-state index in [0.717, 1.165) is 25.7 Å². The predicted molar refractivity (Wildman–Crippen MR) is 76.6 cm³/mol. The van der Waals surface area contributed by atoms with Gasteiger partial charge in [0.15, 0.2) is 0 Å². The molecule has 1 amide bonds. The molecular weight excluding hydrogens is 264 g/mol. The molecule has 0 unspecified atom stereocenters. The maximum absolute atomic E-state index is 12.1. The molecule has 0 radical (unpaired) electrons. The first-order chi connectivity index (χ1) is 9.10. The van der Waals surface area contributed by atoms with Crippen LogP contribution >= 0.6 is 11.6 Å². The van der Waals surface area contributed by atoms with Crippen LogP contribution in [0.3, 0.4) is 0 Å². The van der Waals surface area contributed by atoms with E-state index in [9.17, 15) is 4.79 Å². The SMILES string of the molecule is COc1cc(NC(=O)C2CCC(N)CC2)ccc1Cl. The first kappa shape index (κ1) is 14.2. The summed E-state index contributed by atoms with van der Waals surface area (Å²) in [7, 11) is 1.55. The lowest BCUT2D eigenvalue weighted by Gasteiger charge is -2.25. The molecule has 104 valence electrons. The smallest absolute Gasteiger partial charge is 0.227 e. The Hall–Kier alpha value is -1.26. The molecule has 4 nitrogen and oxygen atoms in total. The third kappa shape index (κ3) is 3.61. The van der Waals surface area contributed by atoms with Crippen LogP contribution in [-0.4, -0.2) is 19.1 Å². The van der Waals surface area contributed by atoms with Gasteiger partial charge in [-0.25, -0.2) is 0 Å². The zero-order chi connectivity index (χ0) is 13.8. The summed E-state index contributed by atoms with van der Waals surface area (Å²) in [6.07, 6.45) is 3.56. The highest BCUT2D eigenvalue weighted by Crippen LogP contribution is 2.29. The number of methoxy groups -OCH3 is 1. The fourth-order valence-corrected chi connectivity index (χ4v) is 2.56. The fourth-order valence-electron chi connectivity index (χ4n) is 2.36. The third-order valence-corrected chi connectivity index (χ3v) is 3.87. The first-order valence-electron chi connectivity index (χ1n) is 6.50. The Morgan fingerprint density at radius 2 is 2.05 bits per heavy atom. The number of carbonyl (C=O) groups is 1. The number of nitrogens with one attached hydrogen (secondary N) is 1. The lowest BCUT2D eigenvalue weighted by molar-refractivity contribution is -0.120. The van der Waals surface area contributed by atoms with Gasteiger partial charge in [0.1, 0.15) is 5.75 Å². The molecule has 5 heteroatoms. The van der Waals surface area contributed by atoms with Crippen LogP contribution in [0.1, 0.15) is 25.7 Å². The van der Waals surface area contributed by atoms with Crippen LogP contribution < -0.4 is 15.8 Å². The van der Waals surface area contributed by atoms with Crippen molar-refractivity contribution in [3.63, 3.8) is 0 Å². The van der Waals surface area contributed by atoms with Crippen LogP contribution in [0, 0.1) is 5.92 Å². The van der Waals surface area contributed by atoms with Gasteiger partial charge in [-0.15, -0.1) is 0 Å². The van der Waals surface area contributed by atoms with Gasteiger partial charge >= 0.3 is 0 Å². The molecule has 1 aromatic carbocycles. The van der Waals surface area contributed by atoms with Crippen LogP contribution in [0.25, 0.3) is 0 Å². The molecule has 2 rings (SSSR count). The Balaban J connectivity index is 1.98. The van der Waals surface area contributed by atoms with Crippen LogP contribution in [0.2, 0.25) is 5.02 Å². The zero-order valence-corrected chi connectivity index (χ0v) is 11.7. The molecule has 1 aromatic rings. The molecule has 0 heterocycles. The zero-order valence-electron chi connectivity index (χ0n) is 11.0. The fraction of sp³-hybridized carbons (Fsp3) is 0.500. The minimum atomic E-state index is 0.0521. The Morgan fingerprint density at radius 1 is 1.37 bits per heavy atom. The Kier molecular flexibility index (Phi) is 4.66. The maximum Gasteiger partial charge on any atom is 0.227 e. The number of carbonyl (C=O) groups excluding carboxylic acids is 1. The number of hydrogen-bond donors (Lipinski definition) is 2. The molecule has 0 aromatic heterocycles. The van der Waals surface area contributed by atoms with E-state index in [4.69, 9.17) is 22.1 Å². The molecule has 1 aliphatic carbocycles. The van der Waals surface area contributed by atoms with E-state index in [1.165, 1.54) is 0 Å². The third-order valence-electron chi connectivity index (χ3n) is 3.56. The average Bonchev–Trinajstić information content (AvgIpc) is 2.41. The number of halogens is 1. The number of hydrogen-bond acceptors (Lipinski definition) is 3. The standard InChI is InChI=1S/C14H19ClN2O2/c1-19-13-8-11(6-7-12(13)15)17-14(18)9-2-4-10(16)5-3-9/h6-10H,2-5,16H2,1H3,(H,17,18). The molecule has 1 fully saturated rings. The number of anilines is 1. The summed E-state index contributed by atoms with van der Waals surface area (Å²) < 4.78 is 5.13. The van der Waals surface area contributed by atoms with E-state index in [1.807, 2.05) is 0 Å². The lowest BCUT2D eigenvalue weighted by atomic mass is 9.86. The molecule has 0 spiro atoms. The molecular formula is C14H19ClN2O2. The van der Waals surface area contributed by atoms with E-state index in [1.54, 1.807) is 25.3 Å². The summed E-state index contributed by atoms with van der Waals surface area (Å²) in [5, 5.41) is 3.44. The van der Waals surface area contributed by atoms with Crippen LogP contribution in [-0.2, 0) is 4.79 Å². The van der Waals surface area contributed by atoms with Crippen molar-refractivity contribution in [2.45, 2.75) is 31.7 Å². The largest absolute Gasteiger partial charge is 0.495 e. The van der Waals surface area contributed by atoms with Gasteiger partial charge < -0.3 is 15.8 Å². The second-order valence-electron chi connectivity index (χ2n) is 4.95. The van der Waals surface area contributed by atoms with E-state index >= 15 is 0 Å². The second kappa shape index (κ2) is 6.26. The van der Waals surface area contributed by atoms with Gasteiger partial charge in [0.05, 0.1) is 12.1 Å². The Morgan fingerprint density at radius 3 is 2.68 bits per heavy atom. The van der Waals surface area contributed by atoms with Gasteiger partial charge in [0.25, 0.3) is 0 Å². The average molecular weight is 283 g/mol. The molecule has 3 N–H and O–H groups in total. The summed E-state index contributed by atoms with van der Waals surface area (Å²) in [6.45, 7) is 0. The number of nitrogens with two attached hydrogens (primary N) is 1. The summed E-state index contributed by atoms with van der Waals surface area (Å²) >= 11 is 5.95. The monoisotopic (exact) mass is 282 g/mol. The van der Waals surface area contributed by atoms with E-state index in [0.29, 0.717) is 16.5 Å². The topological polar surface area (TPSA) is 64.3 Å². The molecule has 1 saturated carbocycles. The van der Waals surface area contributed by atoms with Crippen molar-refractivity contribution in [2.75, 3.05) is 12.4 Å². The van der Waals surface area contributed by atoms with Gasteiger partial charge in [-0.3, -0.25) is 4.79 Å². The van der Waals surface area contributed by atoms with Crippen molar-refractivity contribution in [3.05, 3.63) is 23.2 Å². The summed E-state index contributed by atoms with van der Waals surface area (Å²) in [4.78, 5) is 12.1. The van der Waals surface area contributed by atoms with E-state index in [-0.39, 0.29) is 17.9 Å². The molecule has 0 aliphatic heterocycles. The Bertz CT molecular complexity index is 457. The predicted octanol–water partition coefficient (Wildman–Crippen LogP) is 2.80. The number of ether oxygens (including phenoxy) is 1. The van der Waals surface area contributed by atoms with Crippen molar-refractivity contribution in [1.82, 2.24) is 0 Å². The number of benzene rings is 1. The molecule has 0 bridgehead atoms. The van der Waals surface area contributed by atoms with Gasteiger partial charge in [0.2, 0.25) is 5.91 Å². The second-order valence-corrected chi connectivity index (χ2v) is 5.36. The van der Waals surface area contributed by atoms with E-state index in [2.05, 4.69) is 5.32 Å². The Labute approximate surface area is 118 Å². The number of rotatable bonds is 3. The summed E-state index contributed by atoms with van der Waals surface area (Å²) in [5.74, 6) is 0.669. The summed E-state index contributed by atoms with van der Waals surface area (Å²) in [5.41, 5.74) is 6.55. The van der Waals surface area contributed by atoms with Gasteiger partial charge in [0, 0.05) is 23.7 Å². The van der Waals surface area contributed by atoms with Crippen molar-refractivity contribution < 1.29 is 9.53 Å². The van der Waals surface area contributed by atoms with Crippen LogP contribution in [0.4, 0.5) is 5.69 Å². The molecule has 0 saturated heterocycles. The minimum Gasteiger partial charge on any atom is -0.495 e. The summed E-state index contributed by atoms with van der Waals surface area (Å²) in [6, 6.07) is 5.47. The van der Waals surface area contributed by atoms with Crippen LogP contribution in [0.5, 0.6) is 5.75 Å². The van der Waals surface area contributed by atoms with E-state index < -0.39 is 0 Å².